The number of anilines is 1. The molecule has 0 aromatic heterocycles. The maximum Gasteiger partial charge on any atom is 0.261 e. The highest BCUT2D eigenvalue weighted by Crippen LogP contribution is 2.36. The fourth-order valence-electron chi connectivity index (χ4n) is 3.31. The summed E-state index contributed by atoms with van der Waals surface area (Å²) in [5, 5.41) is 20.6. The average Bonchev–Trinajstić information content (AvgIpc) is 3.01. The number of amides is 1. The largest absolute Gasteiger partial charge is 0.378 e. The third-order valence-electron chi connectivity index (χ3n) is 4.79. The zero-order valence-corrected chi connectivity index (χ0v) is 17.3. The quantitative estimate of drug-likeness (QED) is 0.602. The summed E-state index contributed by atoms with van der Waals surface area (Å²) in [7, 11) is 0. The first-order valence-electron chi connectivity index (χ1n) is 9.90. The molecule has 1 heterocycles. The minimum absolute atomic E-state index is 0.293. The van der Waals surface area contributed by atoms with Crippen molar-refractivity contribution in [1.82, 2.24) is 0 Å². The molecule has 1 amide bonds. The van der Waals surface area contributed by atoms with E-state index in [9.17, 15) is 15.0 Å². The molecule has 152 valence electrons. The van der Waals surface area contributed by atoms with Crippen LogP contribution in [0.15, 0.2) is 72.8 Å². The molecule has 4 heteroatoms. The van der Waals surface area contributed by atoms with Gasteiger partial charge in [0.2, 0.25) is 0 Å². The lowest BCUT2D eigenvalue weighted by molar-refractivity contribution is 0.0935. The highest BCUT2D eigenvalue weighted by atomic mass is 16.3. The molecule has 0 saturated heterocycles. The predicted molar refractivity (Wildman–Crippen MR) is 120 cm³/mol. The van der Waals surface area contributed by atoms with Gasteiger partial charge in [-0.3, -0.25) is 9.69 Å². The zero-order valence-electron chi connectivity index (χ0n) is 17.3. The van der Waals surface area contributed by atoms with Crippen molar-refractivity contribution in [3.63, 3.8) is 0 Å². The summed E-state index contributed by atoms with van der Waals surface area (Å²) < 4.78 is 0. The molecule has 1 atom stereocenters. The van der Waals surface area contributed by atoms with Gasteiger partial charge in [0.1, 0.15) is 5.60 Å². The molecule has 1 unspecified atom stereocenters. The lowest BCUT2D eigenvalue weighted by Gasteiger charge is -2.21. The predicted octanol–water partition coefficient (Wildman–Crippen LogP) is 3.86. The number of nitrogens with zero attached hydrogens (tertiary/aromatic N) is 1. The van der Waals surface area contributed by atoms with E-state index >= 15 is 0 Å². The van der Waals surface area contributed by atoms with Gasteiger partial charge >= 0.3 is 0 Å². The van der Waals surface area contributed by atoms with Crippen LogP contribution in [0.4, 0.5) is 5.69 Å². The first kappa shape index (κ1) is 20.4. The van der Waals surface area contributed by atoms with Gasteiger partial charge in [0.25, 0.3) is 5.91 Å². The van der Waals surface area contributed by atoms with Crippen molar-refractivity contribution >= 4 is 11.6 Å². The van der Waals surface area contributed by atoms with Crippen molar-refractivity contribution in [3.8, 4) is 23.7 Å². The molecular formula is C27H21NO3. The third-order valence-corrected chi connectivity index (χ3v) is 4.79. The first-order valence-corrected chi connectivity index (χ1v) is 9.90. The van der Waals surface area contributed by atoms with Crippen LogP contribution >= 0.6 is 0 Å². The van der Waals surface area contributed by atoms with Gasteiger partial charge in [0.15, 0.2) is 6.23 Å². The number of fused-ring (bicyclic) bond motifs is 1. The van der Waals surface area contributed by atoms with Crippen molar-refractivity contribution < 1.29 is 15.0 Å². The topological polar surface area (TPSA) is 60.8 Å². The number of aliphatic hydroxyl groups excluding tert-OH is 1. The molecule has 0 saturated carbocycles. The minimum atomic E-state index is -1.12. The standard InChI is InChI=1S/C27H21NO3/c1-27(2,31)16-15-20-9-6-10-22(17-20)28-25(29)23-14-13-21(18-24(23)26(28)30)12-11-19-7-4-3-5-8-19/h3-10,13-14,17-18,25,29,31H,1-2H3. The summed E-state index contributed by atoms with van der Waals surface area (Å²) in [6.07, 6.45) is -1.09. The Morgan fingerprint density at radius 3 is 2.26 bits per heavy atom. The Kier molecular flexibility index (Phi) is 5.36. The fourth-order valence-corrected chi connectivity index (χ4v) is 3.31. The second-order valence-corrected chi connectivity index (χ2v) is 7.83. The van der Waals surface area contributed by atoms with E-state index in [0.29, 0.717) is 27.9 Å². The smallest absolute Gasteiger partial charge is 0.261 e. The second-order valence-electron chi connectivity index (χ2n) is 7.83. The van der Waals surface area contributed by atoms with Gasteiger partial charge < -0.3 is 10.2 Å². The van der Waals surface area contributed by atoms with Gasteiger partial charge in [-0.1, -0.05) is 54.0 Å². The Morgan fingerprint density at radius 1 is 0.839 bits per heavy atom. The Labute approximate surface area is 181 Å². The van der Waals surface area contributed by atoms with Crippen LogP contribution in [0.5, 0.6) is 0 Å². The molecule has 0 bridgehead atoms. The van der Waals surface area contributed by atoms with Crippen LogP contribution < -0.4 is 4.90 Å². The number of benzene rings is 3. The van der Waals surface area contributed by atoms with Crippen molar-refractivity contribution in [1.29, 1.82) is 0 Å². The van der Waals surface area contributed by atoms with Gasteiger partial charge in [-0.05, 0) is 56.3 Å². The molecule has 4 rings (SSSR count). The summed E-state index contributed by atoms with van der Waals surface area (Å²) in [6.45, 7) is 3.21. The number of carbonyl (C=O) groups is 1. The van der Waals surface area contributed by atoms with Gasteiger partial charge in [0, 0.05) is 33.5 Å². The lowest BCUT2D eigenvalue weighted by Crippen LogP contribution is -2.27. The normalized spacial score (nSPS) is 14.9. The molecular weight excluding hydrogens is 386 g/mol. The summed E-state index contributed by atoms with van der Waals surface area (Å²) in [4.78, 5) is 14.4. The van der Waals surface area contributed by atoms with E-state index in [-0.39, 0.29) is 5.91 Å². The molecule has 3 aromatic carbocycles. The van der Waals surface area contributed by atoms with Gasteiger partial charge in [-0.2, -0.15) is 0 Å². The van der Waals surface area contributed by atoms with Crippen molar-refractivity contribution in [2.75, 3.05) is 4.90 Å². The number of hydrogen-bond donors (Lipinski definition) is 2. The highest BCUT2D eigenvalue weighted by molar-refractivity contribution is 6.11. The van der Waals surface area contributed by atoms with Crippen LogP contribution in [-0.2, 0) is 0 Å². The molecule has 31 heavy (non-hydrogen) atoms. The van der Waals surface area contributed by atoms with E-state index < -0.39 is 11.8 Å². The Morgan fingerprint density at radius 2 is 1.52 bits per heavy atom. The van der Waals surface area contributed by atoms with Crippen LogP contribution in [0.1, 0.15) is 52.7 Å². The molecule has 1 aliphatic rings. The fraction of sp³-hybridized carbons (Fsp3) is 0.148. The number of carbonyl (C=O) groups excluding carboxylic acids is 1. The molecule has 3 aromatic rings. The number of rotatable bonds is 1. The van der Waals surface area contributed by atoms with Gasteiger partial charge in [0.05, 0.1) is 0 Å². The van der Waals surface area contributed by atoms with E-state index in [4.69, 9.17) is 0 Å². The van der Waals surface area contributed by atoms with E-state index in [1.165, 1.54) is 4.90 Å². The van der Waals surface area contributed by atoms with Crippen molar-refractivity contribution in [2.45, 2.75) is 25.7 Å². The van der Waals surface area contributed by atoms with Gasteiger partial charge in [-0.25, -0.2) is 0 Å². The van der Waals surface area contributed by atoms with Crippen LogP contribution in [0.3, 0.4) is 0 Å². The summed E-state index contributed by atoms with van der Waals surface area (Å²) in [5.41, 5.74) is 2.63. The first-order chi connectivity index (χ1) is 14.8. The molecule has 0 fully saturated rings. The number of hydrogen-bond acceptors (Lipinski definition) is 3. The van der Waals surface area contributed by atoms with E-state index in [2.05, 4.69) is 23.7 Å². The highest BCUT2D eigenvalue weighted by Gasteiger charge is 2.36. The third kappa shape index (κ3) is 4.52. The maximum atomic E-state index is 13.1. The molecule has 0 spiro atoms. The summed E-state index contributed by atoms with van der Waals surface area (Å²) in [5.74, 6) is 11.5. The summed E-state index contributed by atoms with van der Waals surface area (Å²) >= 11 is 0. The molecule has 4 nitrogen and oxygen atoms in total. The monoisotopic (exact) mass is 407 g/mol. The average molecular weight is 407 g/mol. The molecule has 0 radical (unpaired) electrons. The zero-order chi connectivity index (χ0) is 22.0. The molecule has 0 aliphatic carbocycles. The van der Waals surface area contributed by atoms with Crippen LogP contribution in [0, 0.1) is 23.7 Å². The Hall–Kier alpha value is -3.83. The summed E-state index contributed by atoms with van der Waals surface area (Å²) in [6, 6.07) is 21.9. The minimum Gasteiger partial charge on any atom is -0.378 e. The molecule has 2 N–H and O–H groups in total. The van der Waals surface area contributed by atoms with Crippen LogP contribution in [0.2, 0.25) is 0 Å². The van der Waals surface area contributed by atoms with E-state index in [0.717, 1.165) is 5.56 Å². The lowest BCUT2D eigenvalue weighted by atomic mass is 10.1. The van der Waals surface area contributed by atoms with Crippen molar-refractivity contribution in [3.05, 3.63) is 101 Å². The Bertz CT molecular complexity index is 1260. The SMILES string of the molecule is CC(C)(O)C#Cc1cccc(N2C(=O)c3cc(C#Cc4ccccc4)ccc3C2O)c1. The van der Waals surface area contributed by atoms with Crippen LogP contribution in [0.25, 0.3) is 0 Å². The molecule has 1 aliphatic heterocycles. The van der Waals surface area contributed by atoms with Crippen LogP contribution in [-0.4, -0.2) is 21.7 Å². The maximum absolute atomic E-state index is 13.1. The second kappa shape index (κ2) is 8.13. The van der Waals surface area contributed by atoms with E-state index in [1.54, 1.807) is 56.3 Å². The van der Waals surface area contributed by atoms with Gasteiger partial charge in [-0.15, -0.1) is 0 Å². The van der Waals surface area contributed by atoms with E-state index in [1.807, 2.05) is 30.3 Å². The van der Waals surface area contributed by atoms with Crippen molar-refractivity contribution in [2.24, 2.45) is 0 Å². The number of aliphatic hydroxyl groups is 2. The Balaban J connectivity index is 1.64.